The summed E-state index contributed by atoms with van der Waals surface area (Å²) in [5, 5.41) is 3.44. The van der Waals surface area contributed by atoms with Crippen molar-refractivity contribution in [2.45, 2.75) is 27.2 Å². The van der Waals surface area contributed by atoms with Gasteiger partial charge in [0.25, 0.3) is 0 Å². The Morgan fingerprint density at radius 3 is 2.44 bits per heavy atom. The van der Waals surface area contributed by atoms with Crippen LogP contribution in [0.2, 0.25) is 0 Å². The van der Waals surface area contributed by atoms with E-state index in [1.165, 1.54) is 5.56 Å². The van der Waals surface area contributed by atoms with Crippen molar-refractivity contribution >= 4 is 0 Å². The van der Waals surface area contributed by atoms with E-state index in [9.17, 15) is 0 Å². The summed E-state index contributed by atoms with van der Waals surface area (Å²) >= 11 is 0. The maximum Gasteiger partial charge on any atom is 0.119 e. The first kappa shape index (κ1) is 13.0. The lowest BCUT2D eigenvalue weighted by atomic mass is 10.1. The monoisotopic (exact) mass is 221 g/mol. The predicted octanol–water partition coefficient (Wildman–Crippen LogP) is 2.87. The van der Waals surface area contributed by atoms with Crippen LogP contribution in [0.15, 0.2) is 24.3 Å². The normalized spacial score (nSPS) is 10.8. The second-order valence-electron chi connectivity index (χ2n) is 4.42. The maximum absolute atomic E-state index is 5.40. The molecule has 0 aliphatic heterocycles. The standard InChI is InChI=1S/C14H23NO/c1-4-16-14-7-5-13(6-8-14)9-10-15-11-12(2)3/h5-8,12,15H,4,9-11H2,1-3H3. The van der Waals surface area contributed by atoms with Crippen LogP contribution >= 0.6 is 0 Å². The van der Waals surface area contributed by atoms with Crippen molar-refractivity contribution in [3.05, 3.63) is 29.8 Å². The Bertz CT molecular complexity index is 279. The zero-order valence-electron chi connectivity index (χ0n) is 10.6. The maximum atomic E-state index is 5.40. The summed E-state index contributed by atoms with van der Waals surface area (Å²) in [7, 11) is 0. The highest BCUT2D eigenvalue weighted by atomic mass is 16.5. The van der Waals surface area contributed by atoms with Gasteiger partial charge in [-0.1, -0.05) is 26.0 Å². The van der Waals surface area contributed by atoms with Gasteiger partial charge in [-0.2, -0.15) is 0 Å². The average molecular weight is 221 g/mol. The average Bonchev–Trinajstić information content (AvgIpc) is 2.27. The second kappa shape index (κ2) is 7.29. The molecule has 2 heteroatoms. The first-order valence-corrected chi connectivity index (χ1v) is 6.14. The Labute approximate surface area is 99.0 Å². The Morgan fingerprint density at radius 1 is 1.19 bits per heavy atom. The van der Waals surface area contributed by atoms with Crippen molar-refractivity contribution in [2.75, 3.05) is 19.7 Å². The topological polar surface area (TPSA) is 21.3 Å². The van der Waals surface area contributed by atoms with E-state index >= 15 is 0 Å². The number of ether oxygens (including phenoxy) is 1. The Kier molecular flexibility index (Phi) is 5.94. The highest BCUT2D eigenvalue weighted by Crippen LogP contribution is 2.12. The van der Waals surface area contributed by atoms with Gasteiger partial charge in [0.05, 0.1) is 6.61 Å². The number of rotatable bonds is 7. The van der Waals surface area contributed by atoms with Crippen molar-refractivity contribution in [2.24, 2.45) is 5.92 Å². The van der Waals surface area contributed by atoms with Gasteiger partial charge < -0.3 is 10.1 Å². The molecule has 0 atom stereocenters. The van der Waals surface area contributed by atoms with Crippen molar-refractivity contribution in [3.63, 3.8) is 0 Å². The van der Waals surface area contributed by atoms with Crippen LogP contribution in [0.25, 0.3) is 0 Å². The second-order valence-corrected chi connectivity index (χ2v) is 4.42. The van der Waals surface area contributed by atoms with Gasteiger partial charge in [0.1, 0.15) is 5.75 Å². The quantitative estimate of drug-likeness (QED) is 0.715. The molecule has 0 fully saturated rings. The van der Waals surface area contributed by atoms with Crippen LogP contribution in [0.1, 0.15) is 26.3 Å². The molecule has 0 heterocycles. The summed E-state index contributed by atoms with van der Waals surface area (Å²) in [6.45, 7) is 9.33. The van der Waals surface area contributed by atoms with Crippen molar-refractivity contribution in [3.8, 4) is 5.75 Å². The van der Waals surface area contributed by atoms with Crippen LogP contribution in [-0.2, 0) is 6.42 Å². The largest absolute Gasteiger partial charge is 0.494 e. The molecule has 1 aromatic rings. The summed E-state index contributed by atoms with van der Waals surface area (Å²) in [4.78, 5) is 0. The van der Waals surface area contributed by atoms with Gasteiger partial charge in [0, 0.05) is 0 Å². The molecule has 0 aliphatic rings. The van der Waals surface area contributed by atoms with E-state index in [1.54, 1.807) is 0 Å². The van der Waals surface area contributed by atoms with E-state index in [0.29, 0.717) is 0 Å². The lowest BCUT2D eigenvalue weighted by molar-refractivity contribution is 0.340. The predicted molar refractivity (Wildman–Crippen MR) is 69.0 cm³/mol. The van der Waals surface area contributed by atoms with Gasteiger partial charge in [-0.05, 0) is 50.0 Å². The Morgan fingerprint density at radius 2 is 1.88 bits per heavy atom. The Balaban J connectivity index is 2.26. The first-order valence-electron chi connectivity index (χ1n) is 6.14. The molecule has 16 heavy (non-hydrogen) atoms. The molecule has 0 amide bonds. The van der Waals surface area contributed by atoms with Crippen LogP contribution in [0.4, 0.5) is 0 Å². The van der Waals surface area contributed by atoms with Crippen molar-refractivity contribution < 1.29 is 4.74 Å². The van der Waals surface area contributed by atoms with Crippen LogP contribution in [0.5, 0.6) is 5.75 Å². The minimum atomic E-state index is 0.723. The lowest BCUT2D eigenvalue weighted by Gasteiger charge is -2.08. The summed E-state index contributed by atoms with van der Waals surface area (Å²) in [5.74, 6) is 1.68. The molecule has 0 aliphatic carbocycles. The van der Waals surface area contributed by atoms with Gasteiger partial charge >= 0.3 is 0 Å². The highest BCUT2D eigenvalue weighted by molar-refractivity contribution is 5.27. The number of hydrogen-bond donors (Lipinski definition) is 1. The minimum absolute atomic E-state index is 0.723. The molecule has 0 bridgehead atoms. The fourth-order valence-corrected chi connectivity index (χ4v) is 1.54. The molecule has 0 aromatic heterocycles. The molecule has 1 aromatic carbocycles. The zero-order chi connectivity index (χ0) is 11.8. The molecule has 0 saturated carbocycles. The third-order valence-electron chi connectivity index (χ3n) is 2.38. The number of benzene rings is 1. The van der Waals surface area contributed by atoms with Crippen LogP contribution in [-0.4, -0.2) is 19.7 Å². The molecular formula is C14H23NO. The third-order valence-corrected chi connectivity index (χ3v) is 2.38. The molecule has 0 spiro atoms. The van der Waals surface area contributed by atoms with E-state index in [-0.39, 0.29) is 0 Å². The molecule has 0 unspecified atom stereocenters. The molecule has 1 N–H and O–H groups in total. The molecule has 1 rings (SSSR count). The van der Waals surface area contributed by atoms with Crippen LogP contribution in [0.3, 0.4) is 0 Å². The molecule has 2 nitrogen and oxygen atoms in total. The van der Waals surface area contributed by atoms with E-state index < -0.39 is 0 Å². The van der Waals surface area contributed by atoms with E-state index in [4.69, 9.17) is 4.74 Å². The van der Waals surface area contributed by atoms with E-state index in [1.807, 2.05) is 19.1 Å². The summed E-state index contributed by atoms with van der Waals surface area (Å²) in [6, 6.07) is 8.37. The third kappa shape index (κ3) is 5.17. The van der Waals surface area contributed by atoms with E-state index in [0.717, 1.165) is 37.8 Å². The fourth-order valence-electron chi connectivity index (χ4n) is 1.54. The van der Waals surface area contributed by atoms with Gasteiger partial charge in [-0.25, -0.2) is 0 Å². The zero-order valence-corrected chi connectivity index (χ0v) is 10.6. The summed E-state index contributed by atoms with van der Waals surface area (Å²) in [5.41, 5.74) is 1.36. The van der Waals surface area contributed by atoms with Gasteiger partial charge in [-0.15, -0.1) is 0 Å². The molecule has 0 saturated heterocycles. The number of hydrogen-bond acceptors (Lipinski definition) is 2. The van der Waals surface area contributed by atoms with Crippen molar-refractivity contribution in [1.82, 2.24) is 5.32 Å². The number of nitrogens with one attached hydrogen (secondary N) is 1. The molecule has 90 valence electrons. The van der Waals surface area contributed by atoms with Crippen molar-refractivity contribution in [1.29, 1.82) is 0 Å². The smallest absolute Gasteiger partial charge is 0.119 e. The summed E-state index contributed by atoms with van der Waals surface area (Å²) < 4.78 is 5.40. The first-order chi connectivity index (χ1) is 7.72. The van der Waals surface area contributed by atoms with Gasteiger partial charge in [0.2, 0.25) is 0 Å². The Hall–Kier alpha value is -1.02. The van der Waals surface area contributed by atoms with E-state index in [2.05, 4.69) is 31.3 Å². The highest BCUT2D eigenvalue weighted by Gasteiger charge is 1.96. The van der Waals surface area contributed by atoms with Crippen LogP contribution < -0.4 is 10.1 Å². The molecular weight excluding hydrogens is 198 g/mol. The summed E-state index contributed by atoms with van der Waals surface area (Å²) in [6.07, 6.45) is 1.08. The van der Waals surface area contributed by atoms with Gasteiger partial charge in [0.15, 0.2) is 0 Å². The van der Waals surface area contributed by atoms with Gasteiger partial charge in [-0.3, -0.25) is 0 Å². The fraction of sp³-hybridized carbons (Fsp3) is 0.571. The minimum Gasteiger partial charge on any atom is -0.494 e. The SMILES string of the molecule is CCOc1ccc(CCNCC(C)C)cc1. The molecule has 0 radical (unpaired) electrons. The lowest BCUT2D eigenvalue weighted by Crippen LogP contribution is -2.22. The van der Waals surface area contributed by atoms with Crippen LogP contribution in [0, 0.1) is 5.92 Å².